The molecule has 202 valence electrons. The number of carbonyl (C=O) groups excluding carboxylic acids is 3. The van der Waals surface area contributed by atoms with Crippen molar-refractivity contribution >= 4 is 109 Å². The van der Waals surface area contributed by atoms with Gasteiger partial charge in [-0.1, -0.05) is 29.3 Å². The molecule has 3 aromatic rings. The van der Waals surface area contributed by atoms with Crippen molar-refractivity contribution in [2.75, 3.05) is 18.5 Å². The van der Waals surface area contributed by atoms with E-state index in [2.05, 4.69) is 50.5 Å². The summed E-state index contributed by atoms with van der Waals surface area (Å²) in [5.41, 5.74) is 2.00. The number of hydrogen-bond acceptors (Lipinski definition) is 6. The van der Waals surface area contributed by atoms with Gasteiger partial charge < -0.3 is 14.8 Å². The van der Waals surface area contributed by atoms with Crippen molar-refractivity contribution in [3.63, 3.8) is 0 Å². The summed E-state index contributed by atoms with van der Waals surface area (Å²) in [6.07, 6.45) is 1.60. The fourth-order valence-corrected chi connectivity index (χ4v) is 5.97. The van der Waals surface area contributed by atoms with Crippen LogP contribution >= 0.6 is 80.1 Å². The lowest BCUT2D eigenvalue weighted by Gasteiger charge is -2.15. The number of hydrogen-bond donors (Lipinski definition) is 1. The molecule has 0 saturated carbocycles. The smallest absolute Gasteiger partial charge is 0.294 e. The lowest BCUT2D eigenvalue weighted by atomic mass is 10.1. The number of nitrogens with zero attached hydrogens (tertiary/aromatic N) is 1. The van der Waals surface area contributed by atoms with Crippen molar-refractivity contribution in [3.8, 4) is 11.5 Å². The SMILES string of the molecule is CCOc1cc(/C=C2/SC(=O)N(CC(=O)Nc3ccc(I)cc3)C2=O)cc(I)c1OCc1ccc(Cl)cc1Cl. The summed E-state index contributed by atoms with van der Waals surface area (Å²) in [7, 11) is 0. The van der Waals surface area contributed by atoms with Crippen LogP contribution in [0.25, 0.3) is 6.08 Å². The van der Waals surface area contributed by atoms with Crippen molar-refractivity contribution in [2.24, 2.45) is 0 Å². The molecule has 0 unspecified atom stereocenters. The van der Waals surface area contributed by atoms with E-state index >= 15 is 0 Å². The number of benzene rings is 3. The molecule has 1 N–H and O–H groups in total. The molecule has 12 heteroatoms. The number of anilines is 1. The fourth-order valence-electron chi connectivity index (χ4n) is 3.53. The number of rotatable bonds is 9. The summed E-state index contributed by atoms with van der Waals surface area (Å²) in [6, 6.07) is 15.9. The second-order valence-electron chi connectivity index (χ2n) is 8.11. The highest BCUT2D eigenvalue weighted by Crippen LogP contribution is 2.38. The van der Waals surface area contributed by atoms with Crippen LogP contribution in [0.2, 0.25) is 10.0 Å². The predicted molar refractivity (Wildman–Crippen MR) is 172 cm³/mol. The largest absolute Gasteiger partial charge is 0.490 e. The normalized spacial score (nSPS) is 14.2. The Kier molecular flexibility index (Phi) is 10.4. The molecule has 39 heavy (non-hydrogen) atoms. The van der Waals surface area contributed by atoms with Gasteiger partial charge in [-0.15, -0.1) is 0 Å². The zero-order chi connectivity index (χ0) is 28.1. The Bertz CT molecular complexity index is 1470. The minimum Gasteiger partial charge on any atom is -0.490 e. The monoisotopic (exact) mass is 808 g/mol. The Morgan fingerprint density at radius 1 is 1.05 bits per heavy atom. The van der Waals surface area contributed by atoms with Gasteiger partial charge in [0.05, 0.1) is 15.1 Å². The van der Waals surface area contributed by atoms with Crippen LogP contribution in [0, 0.1) is 7.14 Å². The van der Waals surface area contributed by atoms with Crippen molar-refractivity contribution < 1.29 is 23.9 Å². The molecular formula is C27H20Cl2I2N2O5S. The third-order valence-electron chi connectivity index (χ3n) is 5.32. The third kappa shape index (κ3) is 7.81. The van der Waals surface area contributed by atoms with Gasteiger partial charge in [-0.25, -0.2) is 0 Å². The molecule has 7 nitrogen and oxygen atoms in total. The van der Waals surface area contributed by atoms with E-state index in [0.29, 0.717) is 39.4 Å². The molecular weight excluding hydrogens is 789 g/mol. The molecule has 1 heterocycles. The Hall–Kier alpha value is -2.00. The quantitative estimate of drug-likeness (QED) is 0.175. The molecule has 0 radical (unpaired) electrons. The molecule has 4 rings (SSSR count). The van der Waals surface area contributed by atoms with E-state index in [4.69, 9.17) is 32.7 Å². The van der Waals surface area contributed by atoms with Crippen LogP contribution in [0.5, 0.6) is 11.5 Å². The Balaban J connectivity index is 1.49. The highest BCUT2D eigenvalue weighted by atomic mass is 127. The average Bonchev–Trinajstić information content (AvgIpc) is 3.13. The predicted octanol–water partition coefficient (Wildman–Crippen LogP) is 7.86. The van der Waals surface area contributed by atoms with Crippen LogP contribution in [0.3, 0.4) is 0 Å². The Morgan fingerprint density at radius 2 is 1.79 bits per heavy atom. The van der Waals surface area contributed by atoms with Gasteiger partial charge in [0.25, 0.3) is 11.1 Å². The summed E-state index contributed by atoms with van der Waals surface area (Å²) in [4.78, 5) is 39.2. The number of carbonyl (C=O) groups is 3. The van der Waals surface area contributed by atoms with Crippen molar-refractivity contribution in [2.45, 2.75) is 13.5 Å². The van der Waals surface area contributed by atoms with E-state index in [9.17, 15) is 14.4 Å². The van der Waals surface area contributed by atoms with Gasteiger partial charge in [-0.2, -0.15) is 0 Å². The standard InChI is InChI=1S/C27H20Cl2I2N2O5S/c1-2-37-22-10-15(9-21(31)25(22)38-14-16-3-4-17(28)12-20(16)29)11-23-26(35)33(27(36)39-23)13-24(34)32-19-7-5-18(30)6-8-19/h3-12H,2,13-14H2,1H3,(H,32,34)/b23-11+. The van der Waals surface area contributed by atoms with E-state index in [1.807, 2.05) is 25.1 Å². The van der Waals surface area contributed by atoms with E-state index in [1.165, 1.54) is 0 Å². The van der Waals surface area contributed by atoms with Crippen LogP contribution in [0.15, 0.2) is 59.5 Å². The third-order valence-corrected chi connectivity index (χ3v) is 8.33. The first-order valence-corrected chi connectivity index (χ1v) is 15.2. The zero-order valence-corrected chi connectivity index (χ0v) is 26.9. The van der Waals surface area contributed by atoms with Gasteiger partial charge in [0.15, 0.2) is 11.5 Å². The minimum atomic E-state index is -0.534. The second kappa shape index (κ2) is 13.6. The summed E-state index contributed by atoms with van der Waals surface area (Å²) in [5, 5.41) is 3.22. The number of ether oxygens (including phenoxy) is 2. The maximum Gasteiger partial charge on any atom is 0.294 e. The van der Waals surface area contributed by atoms with E-state index in [1.54, 1.807) is 42.5 Å². The lowest BCUT2D eigenvalue weighted by molar-refractivity contribution is -0.127. The highest BCUT2D eigenvalue weighted by Gasteiger charge is 2.36. The number of amides is 3. The van der Waals surface area contributed by atoms with Crippen LogP contribution in [-0.4, -0.2) is 35.1 Å². The molecule has 3 amide bonds. The summed E-state index contributed by atoms with van der Waals surface area (Å²) >= 11 is 17.3. The Morgan fingerprint density at radius 3 is 2.49 bits per heavy atom. The summed E-state index contributed by atoms with van der Waals surface area (Å²) in [5.74, 6) is 0.0153. The van der Waals surface area contributed by atoms with Crippen LogP contribution < -0.4 is 14.8 Å². The maximum atomic E-state index is 13.0. The minimum absolute atomic E-state index is 0.203. The molecule has 0 aliphatic carbocycles. The van der Waals surface area contributed by atoms with E-state index < -0.39 is 17.1 Å². The first-order valence-electron chi connectivity index (χ1n) is 11.5. The molecule has 3 aromatic carbocycles. The van der Waals surface area contributed by atoms with Gasteiger partial charge in [-0.3, -0.25) is 19.3 Å². The zero-order valence-electron chi connectivity index (χ0n) is 20.3. The van der Waals surface area contributed by atoms with Gasteiger partial charge in [-0.05, 0) is 124 Å². The van der Waals surface area contributed by atoms with Gasteiger partial charge in [0, 0.05) is 24.9 Å². The summed E-state index contributed by atoms with van der Waals surface area (Å²) in [6.45, 7) is 2.07. The van der Waals surface area contributed by atoms with Gasteiger partial charge in [0.1, 0.15) is 13.2 Å². The topological polar surface area (TPSA) is 84.9 Å². The number of halogens is 4. The first-order chi connectivity index (χ1) is 18.6. The molecule has 1 aliphatic heterocycles. The van der Waals surface area contributed by atoms with Crippen molar-refractivity contribution in [1.82, 2.24) is 4.90 Å². The van der Waals surface area contributed by atoms with Gasteiger partial charge in [0.2, 0.25) is 5.91 Å². The molecule has 0 atom stereocenters. The molecule has 1 saturated heterocycles. The van der Waals surface area contributed by atoms with Crippen molar-refractivity contribution in [1.29, 1.82) is 0 Å². The van der Waals surface area contributed by atoms with E-state index in [-0.39, 0.29) is 18.1 Å². The average molecular weight is 809 g/mol. The fraction of sp³-hybridized carbons (Fsp3) is 0.148. The van der Waals surface area contributed by atoms with Crippen molar-refractivity contribution in [3.05, 3.63) is 87.8 Å². The first kappa shape index (κ1) is 30.0. The molecule has 1 fully saturated rings. The number of thioether (sulfide) groups is 1. The Labute approximate surface area is 266 Å². The van der Waals surface area contributed by atoms with Gasteiger partial charge >= 0.3 is 0 Å². The summed E-state index contributed by atoms with van der Waals surface area (Å²) < 4.78 is 13.6. The van der Waals surface area contributed by atoms with Crippen LogP contribution in [-0.2, 0) is 16.2 Å². The molecule has 0 bridgehead atoms. The van der Waals surface area contributed by atoms with Crippen LogP contribution in [0.4, 0.5) is 10.5 Å². The van der Waals surface area contributed by atoms with Crippen LogP contribution in [0.1, 0.15) is 18.1 Å². The maximum absolute atomic E-state index is 13.0. The molecule has 0 aromatic heterocycles. The molecule has 0 spiro atoms. The highest BCUT2D eigenvalue weighted by molar-refractivity contribution is 14.1. The van der Waals surface area contributed by atoms with E-state index in [0.717, 1.165) is 29.4 Å². The lowest BCUT2D eigenvalue weighted by Crippen LogP contribution is -2.36. The number of imide groups is 1. The number of nitrogens with one attached hydrogen (secondary N) is 1. The second-order valence-corrected chi connectivity index (χ2v) is 12.4. The molecule has 1 aliphatic rings.